The third kappa shape index (κ3) is 4.28. The van der Waals surface area contributed by atoms with Gasteiger partial charge in [-0.2, -0.15) is 0 Å². The summed E-state index contributed by atoms with van der Waals surface area (Å²) in [4.78, 5) is 51.1. The van der Waals surface area contributed by atoms with Gasteiger partial charge in [0.25, 0.3) is 11.8 Å². The van der Waals surface area contributed by atoms with E-state index in [1.54, 1.807) is 6.07 Å². The van der Waals surface area contributed by atoms with Gasteiger partial charge in [0.2, 0.25) is 5.91 Å². The van der Waals surface area contributed by atoms with Gasteiger partial charge >= 0.3 is 6.03 Å². The summed E-state index contributed by atoms with van der Waals surface area (Å²) in [5, 5.41) is 8.19. The van der Waals surface area contributed by atoms with Crippen molar-refractivity contribution in [2.75, 3.05) is 18.9 Å². The predicted octanol–water partition coefficient (Wildman–Crippen LogP) is 2.77. The van der Waals surface area contributed by atoms with E-state index in [0.29, 0.717) is 18.5 Å². The molecule has 30 heavy (non-hydrogen) atoms. The second-order valence-corrected chi connectivity index (χ2v) is 9.49. The summed E-state index contributed by atoms with van der Waals surface area (Å²) in [6.45, 7) is 5.84. The van der Waals surface area contributed by atoms with Crippen molar-refractivity contribution >= 4 is 41.0 Å². The lowest BCUT2D eigenvalue weighted by molar-refractivity contribution is -0.136. The molecule has 3 rings (SSSR count). The minimum absolute atomic E-state index is 0.0849. The molecule has 1 aromatic rings. The number of imide groups is 1. The summed E-state index contributed by atoms with van der Waals surface area (Å²) < 4.78 is 0. The van der Waals surface area contributed by atoms with Crippen LogP contribution < -0.4 is 16.0 Å². The largest absolute Gasteiger partial charge is 0.355 e. The van der Waals surface area contributed by atoms with E-state index in [1.807, 2.05) is 0 Å². The van der Waals surface area contributed by atoms with Gasteiger partial charge in [-0.15, -0.1) is 0 Å². The molecule has 1 aliphatic carbocycles. The van der Waals surface area contributed by atoms with Gasteiger partial charge in [-0.05, 0) is 48.8 Å². The zero-order valence-electron chi connectivity index (χ0n) is 17.6. The van der Waals surface area contributed by atoms with Crippen molar-refractivity contribution in [2.24, 2.45) is 11.3 Å². The van der Waals surface area contributed by atoms with Crippen LogP contribution in [0.1, 0.15) is 50.4 Å². The summed E-state index contributed by atoms with van der Waals surface area (Å²) in [5.41, 5.74) is -0.481. The summed E-state index contributed by atoms with van der Waals surface area (Å²) in [6.07, 6.45) is 2.08. The Morgan fingerprint density at radius 2 is 1.97 bits per heavy atom. The van der Waals surface area contributed by atoms with Gasteiger partial charge in [0.15, 0.2) is 0 Å². The summed E-state index contributed by atoms with van der Waals surface area (Å²) in [7, 11) is 1.48. The van der Waals surface area contributed by atoms with Gasteiger partial charge in [0.1, 0.15) is 12.1 Å². The van der Waals surface area contributed by atoms with Crippen molar-refractivity contribution in [3.63, 3.8) is 0 Å². The van der Waals surface area contributed by atoms with Crippen LogP contribution in [0.15, 0.2) is 18.2 Å². The minimum atomic E-state index is -0.953. The number of carbonyl (C=O) groups is 4. The Morgan fingerprint density at radius 1 is 1.27 bits per heavy atom. The molecular formula is C21H27ClN4O4. The number of hydrogen-bond donors (Lipinski definition) is 3. The van der Waals surface area contributed by atoms with Crippen LogP contribution in [0.4, 0.5) is 10.5 Å². The number of hydrogen-bond acceptors (Lipinski definition) is 4. The average molecular weight is 435 g/mol. The number of carbonyl (C=O) groups excluding carboxylic acids is 4. The molecule has 1 aromatic carbocycles. The third-order valence-electron chi connectivity index (χ3n) is 5.65. The van der Waals surface area contributed by atoms with Crippen molar-refractivity contribution in [1.82, 2.24) is 15.5 Å². The Kier molecular flexibility index (Phi) is 5.82. The highest BCUT2D eigenvalue weighted by Crippen LogP contribution is 2.46. The molecule has 2 fully saturated rings. The maximum absolute atomic E-state index is 13.1. The number of anilines is 1. The van der Waals surface area contributed by atoms with E-state index in [2.05, 4.69) is 36.7 Å². The number of halogens is 1. The monoisotopic (exact) mass is 434 g/mol. The normalized spacial score (nSPS) is 25.2. The number of amides is 5. The van der Waals surface area contributed by atoms with Crippen LogP contribution in [0, 0.1) is 11.3 Å². The number of rotatable bonds is 4. The first-order valence-corrected chi connectivity index (χ1v) is 10.3. The maximum Gasteiger partial charge on any atom is 0.325 e. The van der Waals surface area contributed by atoms with Gasteiger partial charge in [-0.1, -0.05) is 32.4 Å². The fraction of sp³-hybridized carbons (Fsp3) is 0.524. The Hall–Kier alpha value is -2.61. The standard InChI is InChI=1S/C21H27ClN4O4/c1-12-8-20(2,3)11-21(9-12)18(29)26(19(30)25-21)10-16(27)24-13-5-6-15(22)14(7-13)17(28)23-4/h5-7,12H,8-11H2,1-4H3,(H,23,28)(H,24,27)(H,25,30)/t12-,21-/m1/s1. The molecule has 5 amide bonds. The van der Waals surface area contributed by atoms with Crippen LogP contribution in [0.2, 0.25) is 5.02 Å². The third-order valence-corrected chi connectivity index (χ3v) is 5.98. The first-order valence-electron chi connectivity index (χ1n) is 9.92. The minimum Gasteiger partial charge on any atom is -0.355 e. The Balaban J connectivity index is 1.72. The lowest BCUT2D eigenvalue weighted by atomic mass is 9.64. The van der Waals surface area contributed by atoms with Crippen molar-refractivity contribution in [1.29, 1.82) is 0 Å². The van der Waals surface area contributed by atoms with E-state index in [-0.39, 0.29) is 33.7 Å². The highest BCUT2D eigenvalue weighted by Gasteiger charge is 2.56. The molecule has 0 unspecified atom stereocenters. The molecule has 1 spiro atoms. The zero-order chi connectivity index (χ0) is 22.3. The van der Waals surface area contributed by atoms with Gasteiger partial charge in [-0.3, -0.25) is 19.3 Å². The van der Waals surface area contributed by atoms with Crippen LogP contribution in [-0.2, 0) is 9.59 Å². The molecule has 1 saturated heterocycles. The fourth-order valence-electron chi connectivity index (χ4n) is 4.91. The maximum atomic E-state index is 13.1. The van der Waals surface area contributed by atoms with Crippen LogP contribution in [0.25, 0.3) is 0 Å². The van der Waals surface area contributed by atoms with Gasteiger partial charge in [-0.25, -0.2) is 4.79 Å². The van der Waals surface area contributed by atoms with E-state index in [4.69, 9.17) is 11.6 Å². The van der Waals surface area contributed by atoms with Crippen molar-refractivity contribution in [2.45, 2.75) is 45.6 Å². The Labute approximate surface area is 180 Å². The Morgan fingerprint density at radius 3 is 2.60 bits per heavy atom. The average Bonchev–Trinajstić information content (AvgIpc) is 2.84. The van der Waals surface area contributed by atoms with Crippen molar-refractivity contribution in [3.8, 4) is 0 Å². The molecule has 162 valence electrons. The molecule has 1 aliphatic heterocycles. The molecule has 0 aromatic heterocycles. The number of nitrogens with zero attached hydrogens (tertiary/aromatic N) is 1. The molecule has 0 radical (unpaired) electrons. The van der Waals surface area contributed by atoms with E-state index in [9.17, 15) is 19.2 Å². The number of urea groups is 1. The predicted molar refractivity (Wildman–Crippen MR) is 113 cm³/mol. The fourth-order valence-corrected chi connectivity index (χ4v) is 5.11. The topological polar surface area (TPSA) is 108 Å². The number of benzene rings is 1. The second kappa shape index (κ2) is 7.91. The molecule has 9 heteroatoms. The summed E-state index contributed by atoms with van der Waals surface area (Å²) in [5.74, 6) is -1.00. The summed E-state index contributed by atoms with van der Waals surface area (Å²) >= 11 is 6.02. The molecular weight excluding hydrogens is 408 g/mol. The lowest BCUT2D eigenvalue weighted by Crippen LogP contribution is -2.54. The summed E-state index contributed by atoms with van der Waals surface area (Å²) in [6, 6.07) is 3.93. The van der Waals surface area contributed by atoms with Gasteiger partial charge in [0.05, 0.1) is 10.6 Å². The van der Waals surface area contributed by atoms with Gasteiger partial charge in [0, 0.05) is 12.7 Å². The van der Waals surface area contributed by atoms with Crippen LogP contribution in [0.3, 0.4) is 0 Å². The van der Waals surface area contributed by atoms with E-state index in [0.717, 1.165) is 11.3 Å². The first-order chi connectivity index (χ1) is 14.0. The van der Waals surface area contributed by atoms with E-state index < -0.39 is 24.0 Å². The Bertz CT molecular complexity index is 916. The zero-order valence-corrected chi connectivity index (χ0v) is 18.4. The van der Waals surface area contributed by atoms with Crippen LogP contribution >= 0.6 is 11.6 Å². The van der Waals surface area contributed by atoms with Gasteiger partial charge < -0.3 is 16.0 Å². The van der Waals surface area contributed by atoms with E-state index >= 15 is 0 Å². The molecule has 1 saturated carbocycles. The molecule has 3 N–H and O–H groups in total. The van der Waals surface area contributed by atoms with Crippen LogP contribution in [-0.4, -0.2) is 47.8 Å². The molecule has 1 heterocycles. The SMILES string of the molecule is CNC(=O)c1cc(NC(=O)CN2C(=O)N[C@@]3(C[C@H](C)CC(C)(C)C3)C2=O)ccc1Cl. The first kappa shape index (κ1) is 22.1. The van der Waals surface area contributed by atoms with E-state index in [1.165, 1.54) is 19.2 Å². The smallest absolute Gasteiger partial charge is 0.325 e. The molecule has 2 atom stereocenters. The number of nitrogens with one attached hydrogen (secondary N) is 3. The molecule has 8 nitrogen and oxygen atoms in total. The second-order valence-electron chi connectivity index (χ2n) is 9.08. The highest BCUT2D eigenvalue weighted by atomic mass is 35.5. The lowest BCUT2D eigenvalue weighted by Gasteiger charge is -2.43. The molecule has 0 bridgehead atoms. The van der Waals surface area contributed by atoms with Crippen molar-refractivity contribution in [3.05, 3.63) is 28.8 Å². The highest BCUT2D eigenvalue weighted by molar-refractivity contribution is 6.34. The van der Waals surface area contributed by atoms with Crippen molar-refractivity contribution < 1.29 is 19.2 Å². The molecule has 2 aliphatic rings. The quantitative estimate of drug-likeness (QED) is 0.633. The van der Waals surface area contributed by atoms with Crippen LogP contribution in [0.5, 0.6) is 0 Å².